The normalized spacial score (nSPS) is 14.9. The molecule has 0 amide bonds. The smallest absolute Gasteiger partial charge is 0.0493 e. The van der Waals surface area contributed by atoms with Crippen LogP contribution in [-0.2, 0) is 0 Å². The fraction of sp³-hybridized carbons (Fsp3) is 0.538. The molecular formula is C13H21BrN2S. The molecule has 0 saturated heterocycles. The molecule has 2 N–H and O–H groups in total. The van der Waals surface area contributed by atoms with Crippen molar-refractivity contribution in [3.8, 4) is 0 Å². The van der Waals surface area contributed by atoms with Crippen LogP contribution in [0.4, 0.5) is 0 Å². The number of benzene rings is 1. The van der Waals surface area contributed by atoms with E-state index in [9.17, 15) is 0 Å². The minimum atomic E-state index is 0.128. The molecule has 0 heterocycles. The van der Waals surface area contributed by atoms with Gasteiger partial charge in [-0.25, -0.2) is 0 Å². The summed E-state index contributed by atoms with van der Waals surface area (Å²) in [7, 11) is 2.15. The Hall–Kier alpha value is -0.0300. The molecular weight excluding hydrogens is 296 g/mol. The van der Waals surface area contributed by atoms with Crippen LogP contribution in [0.2, 0.25) is 0 Å². The molecule has 2 nitrogen and oxygen atoms in total. The lowest BCUT2D eigenvalue weighted by atomic mass is 10.00. The van der Waals surface area contributed by atoms with Crippen molar-refractivity contribution in [1.29, 1.82) is 0 Å². The van der Waals surface area contributed by atoms with Crippen LogP contribution in [0.3, 0.4) is 0 Å². The number of nitrogens with zero attached hydrogens (tertiary/aromatic N) is 1. The van der Waals surface area contributed by atoms with Crippen molar-refractivity contribution in [3.05, 3.63) is 34.3 Å². The first-order valence-corrected chi connectivity index (χ1v) is 7.95. The SMILES string of the molecule is CSCCN(C)C(c1ccc(Br)cc1)C(C)N. The molecule has 0 aliphatic rings. The zero-order valence-electron chi connectivity index (χ0n) is 10.7. The minimum absolute atomic E-state index is 0.128. The van der Waals surface area contributed by atoms with Crippen molar-refractivity contribution in [2.45, 2.75) is 19.0 Å². The summed E-state index contributed by atoms with van der Waals surface area (Å²) in [5, 5.41) is 0. The Bertz CT molecular complexity index is 327. The second-order valence-corrected chi connectivity index (χ2v) is 6.23. The lowest BCUT2D eigenvalue weighted by molar-refractivity contribution is 0.232. The highest BCUT2D eigenvalue weighted by atomic mass is 79.9. The first-order valence-electron chi connectivity index (χ1n) is 5.76. The Kier molecular flexibility index (Phi) is 6.55. The van der Waals surface area contributed by atoms with E-state index in [4.69, 9.17) is 5.73 Å². The third-order valence-corrected chi connectivity index (χ3v) is 3.95. The fourth-order valence-electron chi connectivity index (χ4n) is 1.99. The van der Waals surface area contributed by atoms with Gasteiger partial charge in [0.1, 0.15) is 0 Å². The maximum Gasteiger partial charge on any atom is 0.0493 e. The molecule has 1 rings (SSSR count). The molecule has 0 radical (unpaired) electrons. The summed E-state index contributed by atoms with van der Waals surface area (Å²) >= 11 is 5.33. The van der Waals surface area contributed by atoms with Gasteiger partial charge in [-0.15, -0.1) is 0 Å². The van der Waals surface area contributed by atoms with Gasteiger partial charge in [0.05, 0.1) is 0 Å². The highest BCUT2D eigenvalue weighted by molar-refractivity contribution is 9.10. The standard InChI is InChI=1S/C13H21BrN2S/c1-10(15)13(16(2)8-9-17-3)11-4-6-12(14)7-5-11/h4-7,10,13H,8-9,15H2,1-3H3. The van der Waals surface area contributed by atoms with Crippen molar-refractivity contribution in [3.63, 3.8) is 0 Å². The Morgan fingerprint density at radius 3 is 2.41 bits per heavy atom. The quantitative estimate of drug-likeness (QED) is 0.874. The van der Waals surface area contributed by atoms with Crippen molar-refractivity contribution >= 4 is 27.7 Å². The monoisotopic (exact) mass is 316 g/mol. The summed E-state index contributed by atoms with van der Waals surface area (Å²) in [6.07, 6.45) is 2.13. The lowest BCUT2D eigenvalue weighted by Crippen LogP contribution is -2.38. The molecule has 2 atom stereocenters. The molecule has 0 spiro atoms. The number of hydrogen-bond acceptors (Lipinski definition) is 3. The number of hydrogen-bond donors (Lipinski definition) is 1. The average Bonchev–Trinajstić information content (AvgIpc) is 2.29. The summed E-state index contributed by atoms with van der Waals surface area (Å²) < 4.78 is 1.11. The maximum absolute atomic E-state index is 6.12. The molecule has 0 aliphatic heterocycles. The van der Waals surface area contributed by atoms with E-state index < -0.39 is 0 Å². The molecule has 0 bridgehead atoms. The second-order valence-electron chi connectivity index (χ2n) is 4.33. The van der Waals surface area contributed by atoms with Crippen LogP contribution < -0.4 is 5.73 Å². The fourth-order valence-corrected chi connectivity index (χ4v) is 2.73. The molecule has 0 aromatic heterocycles. The van der Waals surface area contributed by atoms with Crippen LogP contribution in [-0.4, -0.2) is 36.5 Å². The van der Waals surface area contributed by atoms with Gasteiger partial charge in [-0.3, -0.25) is 4.90 Å². The van der Waals surface area contributed by atoms with Gasteiger partial charge in [0.2, 0.25) is 0 Å². The Balaban J connectivity index is 2.81. The second kappa shape index (κ2) is 7.41. The summed E-state index contributed by atoms with van der Waals surface area (Å²) in [6, 6.07) is 8.86. The van der Waals surface area contributed by atoms with Crippen LogP contribution >= 0.6 is 27.7 Å². The predicted octanol–water partition coefficient (Wildman–Crippen LogP) is 3.13. The predicted molar refractivity (Wildman–Crippen MR) is 81.5 cm³/mol. The topological polar surface area (TPSA) is 29.3 Å². The van der Waals surface area contributed by atoms with E-state index in [2.05, 4.69) is 65.3 Å². The molecule has 2 unspecified atom stereocenters. The van der Waals surface area contributed by atoms with Gasteiger partial charge in [0.15, 0.2) is 0 Å². The number of halogens is 1. The number of likely N-dealkylation sites (N-methyl/N-ethyl adjacent to an activating group) is 1. The minimum Gasteiger partial charge on any atom is -0.326 e. The molecule has 0 aliphatic carbocycles. The van der Waals surface area contributed by atoms with Gasteiger partial charge < -0.3 is 5.73 Å². The van der Waals surface area contributed by atoms with Gasteiger partial charge in [-0.1, -0.05) is 28.1 Å². The Labute approximate surface area is 117 Å². The number of thioether (sulfide) groups is 1. The number of rotatable bonds is 6. The average molecular weight is 317 g/mol. The van der Waals surface area contributed by atoms with E-state index in [1.54, 1.807) is 0 Å². The Morgan fingerprint density at radius 1 is 1.35 bits per heavy atom. The van der Waals surface area contributed by atoms with E-state index in [-0.39, 0.29) is 12.1 Å². The van der Waals surface area contributed by atoms with Gasteiger partial charge in [0.25, 0.3) is 0 Å². The van der Waals surface area contributed by atoms with Gasteiger partial charge in [-0.05, 0) is 37.9 Å². The zero-order valence-corrected chi connectivity index (χ0v) is 13.1. The molecule has 1 aromatic rings. The first kappa shape index (κ1) is 15.0. The van der Waals surface area contributed by atoms with E-state index in [1.807, 2.05) is 11.8 Å². The summed E-state index contributed by atoms with van der Waals surface area (Å²) in [5.74, 6) is 1.14. The van der Waals surface area contributed by atoms with Crippen molar-refractivity contribution in [1.82, 2.24) is 4.90 Å². The van der Waals surface area contributed by atoms with Crippen molar-refractivity contribution in [2.24, 2.45) is 5.73 Å². The molecule has 17 heavy (non-hydrogen) atoms. The lowest BCUT2D eigenvalue weighted by Gasteiger charge is -2.31. The summed E-state index contributed by atoms with van der Waals surface area (Å²) in [6.45, 7) is 3.13. The van der Waals surface area contributed by atoms with Crippen LogP contribution in [0.1, 0.15) is 18.5 Å². The molecule has 1 aromatic carbocycles. The van der Waals surface area contributed by atoms with E-state index >= 15 is 0 Å². The third-order valence-electron chi connectivity index (χ3n) is 2.83. The van der Waals surface area contributed by atoms with E-state index in [1.165, 1.54) is 5.56 Å². The molecule has 0 fully saturated rings. The van der Waals surface area contributed by atoms with E-state index in [0.29, 0.717) is 0 Å². The van der Waals surface area contributed by atoms with Gasteiger partial charge in [-0.2, -0.15) is 11.8 Å². The highest BCUT2D eigenvalue weighted by Gasteiger charge is 2.20. The Morgan fingerprint density at radius 2 is 1.94 bits per heavy atom. The number of nitrogens with two attached hydrogens (primary N) is 1. The van der Waals surface area contributed by atoms with Crippen molar-refractivity contribution < 1.29 is 0 Å². The largest absolute Gasteiger partial charge is 0.326 e. The third kappa shape index (κ3) is 4.62. The zero-order chi connectivity index (χ0) is 12.8. The summed E-state index contributed by atoms with van der Waals surface area (Å²) in [5.41, 5.74) is 7.40. The molecule has 0 saturated carbocycles. The van der Waals surface area contributed by atoms with Crippen LogP contribution in [0, 0.1) is 0 Å². The van der Waals surface area contributed by atoms with Gasteiger partial charge >= 0.3 is 0 Å². The van der Waals surface area contributed by atoms with Gasteiger partial charge in [0, 0.05) is 28.9 Å². The van der Waals surface area contributed by atoms with Crippen LogP contribution in [0.25, 0.3) is 0 Å². The van der Waals surface area contributed by atoms with Crippen molar-refractivity contribution in [2.75, 3.05) is 25.6 Å². The van der Waals surface area contributed by atoms with E-state index in [0.717, 1.165) is 16.8 Å². The summed E-state index contributed by atoms with van der Waals surface area (Å²) in [4.78, 5) is 2.34. The van der Waals surface area contributed by atoms with Crippen LogP contribution in [0.5, 0.6) is 0 Å². The van der Waals surface area contributed by atoms with Crippen LogP contribution in [0.15, 0.2) is 28.7 Å². The first-order chi connectivity index (χ1) is 8.06. The highest BCUT2D eigenvalue weighted by Crippen LogP contribution is 2.24. The molecule has 4 heteroatoms. The molecule has 96 valence electrons. The maximum atomic E-state index is 6.12.